The molecule has 1 aromatic rings. The number of carbonyl (C=O) groups is 1. The summed E-state index contributed by atoms with van der Waals surface area (Å²) in [5.41, 5.74) is 1.88. The van der Waals surface area contributed by atoms with Gasteiger partial charge < -0.3 is 14.9 Å². The highest BCUT2D eigenvalue weighted by atomic mass is 35.5. The van der Waals surface area contributed by atoms with Crippen molar-refractivity contribution >= 4 is 29.3 Å². The Hall–Kier alpha value is -1.52. The summed E-state index contributed by atoms with van der Waals surface area (Å²) in [4.78, 5) is 15.3. The van der Waals surface area contributed by atoms with Crippen molar-refractivity contribution in [2.45, 2.75) is 13.0 Å². The smallest absolute Gasteiger partial charge is 0.328 e. The Morgan fingerprint density at radius 3 is 2.71 bits per heavy atom. The standard InChI is InChI=1S/C16H21ClN2O2/c1-11-9-19(10-15(11)18(2)3)14-8-13(17)6-4-12(14)5-7-16(20)21/h4-8,11,15H,9-10H2,1-3H3,(H,20,21)/b7-5+. The number of hydrogen-bond donors (Lipinski definition) is 1. The minimum atomic E-state index is -0.947. The maximum Gasteiger partial charge on any atom is 0.328 e. The second-order valence-corrected chi connectivity index (χ2v) is 6.22. The number of benzene rings is 1. The van der Waals surface area contributed by atoms with Crippen LogP contribution >= 0.6 is 11.6 Å². The van der Waals surface area contributed by atoms with E-state index in [0.29, 0.717) is 17.0 Å². The average Bonchev–Trinajstić information content (AvgIpc) is 2.79. The van der Waals surface area contributed by atoms with Crippen LogP contribution in [0.15, 0.2) is 24.3 Å². The number of carboxylic acids is 1. The zero-order valence-electron chi connectivity index (χ0n) is 12.6. The van der Waals surface area contributed by atoms with Gasteiger partial charge in [0.05, 0.1) is 0 Å². The first kappa shape index (κ1) is 15.9. The fourth-order valence-corrected chi connectivity index (χ4v) is 3.08. The Balaban J connectivity index is 2.31. The van der Waals surface area contributed by atoms with Crippen LogP contribution in [0.1, 0.15) is 12.5 Å². The third-order valence-electron chi connectivity index (χ3n) is 3.97. The Kier molecular flexibility index (Phi) is 4.91. The summed E-state index contributed by atoms with van der Waals surface area (Å²) in [5.74, 6) is -0.396. The molecule has 2 rings (SSSR count). The molecule has 0 aromatic heterocycles. The molecule has 1 heterocycles. The number of likely N-dealkylation sites (N-methyl/N-ethyl adjacent to an activating group) is 1. The number of halogens is 1. The molecule has 1 fully saturated rings. The van der Waals surface area contributed by atoms with Crippen molar-refractivity contribution in [3.8, 4) is 0 Å². The number of anilines is 1. The largest absolute Gasteiger partial charge is 0.478 e. The van der Waals surface area contributed by atoms with E-state index in [-0.39, 0.29) is 0 Å². The summed E-state index contributed by atoms with van der Waals surface area (Å²) in [6.45, 7) is 4.10. The maximum atomic E-state index is 10.7. The number of rotatable bonds is 4. The molecule has 0 aliphatic carbocycles. The van der Waals surface area contributed by atoms with Crippen LogP contribution in [-0.4, -0.2) is 49.2 Å². The summed E-state index contributed by atoms with van der Waals surface area (Å²) in [6, 6.07) is 6.05. The monoisotopic (exact) mass is 308 g/mol. The molecule has 21 heavy (non-hydrogen) atoms. The summed E-state index contributed by atoms with van der Waals surface area (Å²) >= 11 is 6.12. The van der Waals surface area contributed by atoms with Crippen molar-refractivity contribution in [1.82, 2.24) is 4.90 Å². The van der Waals surface area contributed by atoms with Gasteiger partial charge in [-0.3, -0.25) is 0 Å². The molecule has 1 aliphatic heterocycles. The van der Waals surface area contributed by atoms with E-state index in [9.17, 15) is 4.79 Å². The first-order valence-electron chi connectivity index (χ1n) is 7.00. The van der Waals surface area contributed by atoms with Crippen LogP contribution in [-0.2, 0) is 4.79 Å². The normalized spacial score (nSPS) is 22.4. The first-order chi connectivity index (χ1) is 9.88. The van der Waals surface area contributed by atoms with Crippen LogP contribution in [0.5, 0.6) is 0 Å². The van der Waals surface area contributed by atoms with Gasteiger partial charge in [-0.2, -0.15) is 0 Å². The molecule has 1 aliphatic rings. The molecular formula is C16H21ClN2O2. The van der Waals surface area contributed by atoms with Gasteiger partial charge in [0.1, 0.15) is 0 Å². The number of aliphatic carboxylic acids is 1. The first-order valence-corrected chi connectivity index (χ1v) is 7.38. The van der Waals surface area contributed by atoms with Crippen molar-refractivity contribution in [3.05, 3.63) is 34.9 Å². The molecule has 0 spiro atoms. The van der Waals surface area contributed by atoms with E-state index >= 15 is 0 Å². The van der Waals surface area contributed by atoms with Gasteiger partial charge in [-0.1, -0.05) is 24.6 Å². The molecule has 2 unspecified atom stereocenters. The number of carboxylic acid groups (broad SMARTS) is 1. The van der Waals surface area contributed by atoms with Crippen molar-refractivity contribution in [2.75, 3.05) is 32.1 Å². The molecule has 0 amide bonds. The molecule has 2 atom stereocenters. The summed E-state index contributed by atoms with van der Waals surface area (Å²) in [7, 11) is 4.18. The highest BCUT2D eigenvalue weighted by molar-refractivity contribution is 6.31. The molecule has 5 heteroatoms. The predicted molar refractivity (Wildman–Crippen MR) is 87.0 cm³/mol. The van der Waals surface area contributed by atoms with Gasteiger partial charge in [-0.05, 0) is 43.8 Å². The van der Waals surface area contributed by atoms with Crippen LogP contribution in [0.2, 0.25) is 5.02 Å². The minimum absolute atomic E-state index is 0.486. The lowest BCUT2D eigenvalue weighted by Gasteiger charge is -2.24. The Bertz CT molecular complexity index is 557. The van der Waals surface area contributed by atoms with Crippen molar-refractivity contribution < 1.29 is 9.90 Å². The number of hydrogen-bond acceptors (Lipinski definition) is 3. The highest BCUT2D eigenvalue weighted by Crippen LogP contribution is 2.31. The second kappa shape index (κ2) is 6.50. The van der Waals surface area contributed by atoms with Crippen LogP contribution in [0.3, 0.4) is 0 Å². The average molecular weight is 309 g/mol. The van der Waals surface area contributed by atoms with Crippen molar-refractivity contribution in [3.63, 3.8) is 0 Å². The lowest BCUT2D eigenvalue weighted by molar-refractivity contribution is -0.131. The van der Waals surface area contributed by atoms with Crippen LogP contribution < -0.4 is 4.90 Å². The summed E-state index contributed by atoms with van der Waals surface area (Å²) in [5, 5.41) is 9.47. The van der Waals surface area contributed by atoms with Gasteiger partial charge >= 0.3 is 5.97 Å². The fraction of sp³-hybridized carbons (Fsp3) is 0.438. The third-order valence-corrected chi connectivity index (χ3v) is 4.21. The fourth-order valence-electron chi connectivity index (χ4n) is 2.91. The molecule has 1 N–H and O–H groups in total. The van der Waals surface area contributed by atoms with Crippen LogP contribution in [0, 0.1) is 5.92 Å². The Morgan fingerprint density at radius 2 is 2.14 bits per heavy atom. The third kappa shape index (κ3) is 3.77. The van der Waals surface area contributed by atoms with Gasteiger partial charge in [-0.25, -0.2) is 4.79 Å². The van der Waals surface area contributed by atoms with Gasteiger partial charge in [0.25, 0.3) is 0 Å². The maximum absolute atomic E-state index is 10.7. The molecule has 0 bridgehead atoms. The summed E-state index contributed by atoms with van der Waals surface area (Å²) < 4.78 is 0. The molecule has 1 saturated heterocycles. The van der Waals surface area contributed by atoms with Crippen LogP contribution in [0.25, 0.3) is 6.08 Å². The minimum Gasteiger partial charge on any atom is -0.478 e. The van der Waals surface area contributed by atoms with Gasteiger partial charge in [-0.15, -0.1) is 0 Å². The van der Waals surface area contributed by atoms with Gasteiger partial charge in [0, 0.05) is 35.9 Å². The van der Waals surface area contributed by atoms with Crippen LogP contribution in [0.4, 0.5) is 5.69 Å². The second-order valence-electron chi connectivity index (χ2n) is 5.79. The van der Waals surface area contributed by atoms with E-state index in [4.69, 9.17) is 16.7 Å². The van der Waals surface area contributed by atoms with Gasteiger partial charge in [0.15, 0.2) is 0 Å². The SMILES string of the molecule is CC1CN(c2cc(Cl)ccc2/C=C/C(=O)O)CC1N(C)C. The van der Waals surface area contributed by atoms with Gasteiger partial charge in [0.2, 0.25) is 0 Å². The molecule has 0 radical (unpaired) electrons. The summed E-state index contributed by atoms with van der Waals surface area (Å²) in [6.07, 6.45) is 2.79. The van der Waals surface area contributed by atoms with E-state index in [2.05, 4.69) is 30.8 Å². The Labute approximate surface area is 130 Å². The van der Waals surface area contributed by atoms with Crippen molar-refractivity contribution in [1.29, 1.82) is 0 Å². The van der Waals surface area contributed by atoms with E-state index < -0.39 is 5.97 Å². The molecule has 0 saturated carbocycles. The van der Waals surface area contributed by atoms with E-state index in [1.165, 1.54) is 0 Å². The zero-order chi connectivity index (χ0) is 15.6. The lowest BCUT2D eigenvalue weighted by atomic mass is 10.1. The van der Waals surface area contributed by atoms with Crippen molar-refractivity contribution in [2.24, 2.45) is 5.92 Å². The molecular weight excluding hydrogens is 288 g/mol. The van der Waals surface area contributed by atoms with E-state index in [1.807, 2.05) is 12.1 Å². The van der Waals surface area contributed by atoms with E-state index in [0.717, 1.165) is 30.4 Å². The molecule has 114 valence electrons. The quantitative estimate of drug-likeness (QED) is 0.869. The van der Waals surface area contributed by atoms with E-state index in [1.54, 1.807) is 12.1 Å². The topological polar surface area (TPSA) is 43.8 Å². The molecule has 4 nitrogen and oxygen atoms in total. The lowest BCUT2D eigenvalue weighted by Crippen LogP contribution is -2.34. The number of nitrogens with zero attached hydrogens (tertiary/aromatic N) is 2. The highest BCUT2D eigenvalue weighted by Gasteiger charge is 2.31. The molecule has 1 aromatic carbocycles. The zero-order valence-corrected chi connectivity index (χ0v) is 13.3. The Morgan fingerprint density at radius 1 is 1.43 bits per heavy atom. The predicted octanol–water partition coefficient (Wildman–Crippen LogP) is 2.82.